The Morgan fingerprint density at radius 1 is 1.37 bits per heavy atom. The topological polar surface area (TPSA) is 113 Å². The highest BCUT2D eigenvalue weighted by Gasteiger charge is 2.27. The average Bonchev–Trinajstić information content (AvgIpc) is 2.27. The van der Waals surface area contributed by atoms with Crippen LogP contribution in [0.2, 0.25) is 0 Å². The van der Waals surface area contributed by atoms with E-state index >= 15 is 0 Å². The van der Waals surface area contributed by atoms with Gasteiger partial charge in [0.2, 0.25) is 10.0 Å². The summed E-state index contributed by atoms with van der Waals surface area (Å²) in [5, 5.41) is 8.46. The fraction of sp³-hybridized carbons (Fsp3) is 0.800. The van der Waals surface area contributed by atoms with E-state index in [0.717, 1.165) is 0 Å². The summed E-state index contributed by atoms with van der Waals surface area (Å²) in [7, 11) is -3.81. The van der Waals surface area contributed by atoms with Gasteiger partial charge in [0, 0.05) is 19.1 Å². The number of piperidine rings is 1. The van der Waals surface area contributed by atoms with Crippen LogP contribution in [-0.2, 0) is 19.6 Å². The van der Waals surface area contributed by atoms with E-state index < -0.39 is 27.8 Å². The summed E-state index contributed by atoms with van der Waals surface area (Å²) >= 11 is 0. The number of ether oxygens (including phenoxy) is 1. The number of carbonyl (C=O) groups is 2. The molecular weight excluding hydrogens is 276 g/mol. The molecule has 0 spiro atoms. The van der Waals surface area contributed by atoms with Crippen LogP contribution >= 0.6 is 0 Å². The Kier molecular flexibility index (Phi) is 5.55. The molecular formula is C10H18N2O6S. The van der Waals surface area contributed by atoms with Gasteiger partial charge in [-0.15, -0.1) is 0 Å². The molecule has 9 heteroatoms. The monoisotopic (exact) mass is 294 g/mol. The molecule has 0 radical (unpaired) electrons. The van der Waals surface area contributed by atoms with Crippen molar-refractivity contribution in [1.82, 2.24) is 9.62 Å². The second-order valence-corrected chi connectivity index (χ2v) is 5.98. The number of sulfonamides is 1. The summed E-state index contributed by atoms with van der Waals surface area (Å²) in [5.74, 6) is -2.33. The molecule has 1 aliphatic heterocycles. The molecule has 1 saturated heterocycles. The minimum Gasteiger partial charge on any atom is -0.480 e. The number of nitrogens with zero attached hydrogens (tertiary/aromatic N) is 1. The van der Waals surface area contributed by atoms with E-state index in [1.54, 1.807) is 6.92 Å². The summed E-state index contributed by atoms with van der Waals surface area (Å²) in [6.07, 6.45) is 0.476. The number of likely N-dealkylation sites (tertiary alicyclic amines) is 1. The summed E-state index contributed by atoms with van der Waals surface area (Å²) in [6.45, 7) is 2.78. The molecule has 0 aromatic rings. The molecule has 110 valence electrons. The van der Waals surface area contributed by atoms with Gasteiger partial charge in [0.05, 0.1) is 6.61 Å². The maximum Gasteiger partial charge on any atom is 0.409 e. The number of carboxylic acid groups (broad SMARTS) is 1. The third-order valence-corrected chi connectivity index (χ3v) is 4.00. The zero-order valence-corrected chi connectivity index (χ0v) is 11.5. The fourth-order valence-corrected chi connectivity index (χ4v) is 3.00. The largest absolute Gasteiger partial charge is 0.480 e. The van der Waals surface area contributed by atoms with Gasteiger partial charge in [0.25, 0.3) is 0 Å². The van der Waals surface area contributed by atoms with Crippen LogP contribution in [0.5, 0.6) is 0 Å². The number of rotatable bonds is 5. The number of hydrogen-bond acceptors (Lipinski definition) is 5. The van der Waals surface area contributed by atoms with E-state index in [9.17, 15) is 18.0 Å². The lowest BCUT2D eigenvalue weighted by Crippen LogP contribution is -2.47. The maximum absolute atomic E-state index is 11.4. The summed E-state index contributed by atoms with van der Waals surface area (Å²) in [4.78, 5) is 23.3. The number of amides is 1. The first kappa shape index (κ1) is 15.7. The lowest BCUT2D eigenvalue weighted by Gasteiger charge is -2.31. The van der Waals surface area contributed by atoms with Crippen molar-refractivity contribution >= 4 is 22.1 Å². The summed E-state index contributed by atoms with van der Waals surface area (Å²) in [6, 6.07) is -0.338. The van der Waals surface area contributed by atoms with E-state index in [4.69, 9.17) is 9.84 Å². The van der Waals surface area contributed by atoms with Crippen molar-refractivity contribution in [3.8, 4) is 0 Å². The summed E-state index contributed by atoms with van der Waals surface area (Å²) < 4.78 is 30.0. The van der Waals surface area contributed by atoms with E-state index in [0.29, 0.717) is 32.5 Å². The number of carbonyl (C=O) groups excluding carboxylic acids is 1. The normalized spacial score (nSPS) is 17.2. The van der Waals surface area contributed by atoms with Gasteiger partial charge in [0.15, 0.2) is 5.75 Å². The molecule has 1 heterocycles. The zero-order valence-electron chi connectivity index (χ0n) is 10.7. The van der Waals surface area contributed by atoms with Gasteiger partial charge in [-0.25, -0.2) is 17.9 Å². The zero-order chi connectivity index (χ0) is 14.5. The number of nitrogens with one attached hydrogen (secondary N) is 1. The Hall–Kier alpha value is -1.35. The highest BCUT2D eigenvalue weighted by atomic mass is 32.2. The van der Waals surface area contributed by atoms with Gasteiger partial charge in [0.1, 0.15) is 0 Å². The van der Waals surface area contributed by atoms with Crippen LogP contribution in [0.3, 0.4) is 0 Å². The van der Waals surface area contributed by atoms with Crippen LogP contribution in [0.4, 0.5) is 4.79 Å². The quantitative estimate of drug-likeness (QED) is 0.714. The molecule has 0 aromatic carbocycles. The SMILES string of the molecule is CCOC(=O)N1CCC(NS(=O)(=O)CC(=O)O)CC1. The van der Waals surface area contributed by atoms with Crippen molar-refractivity contribution in [3.05, 3.63) is 0 Å². The fourth-order valence-electron chi connectivity index (χ4n) is 1.85. The van der Waals surface area contributed by atoms with Gasteiger partial charge < -0.3 is 14.7 Å². The molecule has 0 bridgehead atoms. The van der Waals surface area contributed by atoms with Crippen molar-refractivity contribution in [2.24, 2.45) is 0 Å². The van der Waals surface area contributed by atoms with Gasteiger partial charge in [-0.05, 0) is 19.8 Å². The minimum absolute atomic E-state index is 0.296. The van der Waals surface area contributed by atoms with Crippen molar-refractivity contribution < 1.29 is 27.9 Å². The van der Waals surface area contributed by atoms with E-state index in [-0.39, 0.29) is 6.04 Å². The minimum atomic E-state index is -3.81. The Morgan fingerprint density at radius 2 is 1.95 bits per heavy atom. The second-order valence-electron chi connectivity index (χ2n) is 4.23. The molecule has 2 N–H and O–H groups in total. The lowest BCUT2D eigenvalue weighted by atomic mass is 10.1. The van der Waals surface area contributed by atoms with Crippen molar-refractivity contribution in [2.75, 3.05) is 25.4 Å². The van der Waals surface area contributed by atoms with E-state index in [2.05, 4.69) is 4.72 Å². The van der Waals surface area contributed by atoms with Crippen molar-refractivity contribution in [3.63, 3.8) is 0 Å². The van der Waals surface area contributed by atoms with Crippen molar-refractivity contribution in [1.29, 1.82) is 0 Å². The first-order valence-electron chi connectivity index (χ1n) is 5.97. The maximum atomic E-state index is 11.4. The third kappa shape index (κ3) is 5.43. The molecule has 0 atom stereocenters. The van der Waals surface area contributed by atoms with Crippen LogP contribution in [-0.4, -0.2) is 62.0 Å². The first-order valence-corrected chi connectivity index (χ1v) is 7.62. The molecule has 1 rings (SSSR count). The Balaban J connectivity index is 2.42. The summed E-state index contributed by atoms with van der Waals surface area (Å²) in [5.41, 5.74) is 0. The highest BCUT2D eigenvalue weighted by Crippen LogP contribution is 2.12. The van der Waals surface area contributed by atoms with Crippen LogP contribution in [0.25, 0.3) is 0 Å². The molecule has 1 fully saturated rings. The first-order chi connectivity index (χ1) is 8.84. The van der Waals surface area contributed by atoms with Crippen LogP contribution in [0.1, 0.15) is 19.8 Å². The number of aliphatic carboxylic acids is 1. The van der Waals surface area contributed by atoms with E-state index in [1.807, 2.05) is 0 Å². The Labute approximate surface area is 111 Å². The number of carboxylic acids is 1. The Morgan fingerprint density at radius 3 is 2.42 bits per heavy atom. The molecule has 8 nitrogen and oxygen atoms in total. The number of hydrogen-bond donors (Lipinski definition) is 2. The predicted octanol–water partition coefficient (Wildman–Crippen LogP) is -0.389. The van der Waals surface area contributed by atoms with Gasteiger partial charge in [-0.3, -0.25) is 4.79 Å². The third-order valence-electron chi connectivity index (χ3n) is 2.68. The smallest absolute Gasteiger partial charge is 0.409 e. The second kappa shape index (κ2) is 6.71. The highest BCUT2D eigenvalue weighted by molar-refractivity contribution is 7.90. The Bertz CT molecular complexity index is 427. The van der Waals surface area contributed by atoms with Crippen LogP contribution in [0.15, 0.2) is 0 Å². The lowest BCUT2D eigenvalue weighted by molar-refractivity contribution is -0.134. The predicted molar refractivity (Wildman–Crippen MR) is 66.2 cm³/mol. The van der Waals surface area contributed by atoms with E-state index in [1.165, 1.54) is 4.90 Å². The molecule has 19 heavy (non-hydrogen) atoms. The molecule has 0 saturated carbocycles. The van der Waals surface area contributed by atoms with Crippen molar-refractivity contribution in [2.45, 2.75) is 25.8 Å². The van der Waals surface area contributed by atoms with Gasteiger partial charge >= 0.3 is 12.1 Å². The van der Waals surface area contributed by atoms with Gasteiger partial charge in [-0.1, -0.05) is 0 Å². The molecule has 0 aliphatic carbocycles. The molecule has 1 aliphatic rings. The molecule has 0 aromatic heterocycles. The van der Waals surface area contributed by atoms with Crippen LogP contribution in [0, 0.1) is 0 Å². The standard InChI is InChI=1S/C10H18N2O6S/c1-2-18-10(15)12-5-3-8(4-6-12)11-19(16,17)7-9(13)14/h8,11H,2-7H2,1H3,(H,13,14). The van der Waals surface area contributed by atoms with Crippen LogP contribution < -0.4 is 4.72 Å². The van der Waals surface area contributed by atoms with Gasteiger partial charge in [-0.2, -0.15) is 0 Å². The molecule has 1 amide bonds. The average molecular weight is 294 g/mol. The molecule has 0 unspecified atom stereocenters.